The van der Waals surface area contributed by atoms with Crippen LogP contribution in [0.4, 0.5) is 17.6 Å². The molecule has 1 fully saturated rings. The molecule has 9 heteroatoms. The number of nitrogens with one attached hydrogen (secondary N) is 1. The molecule has 0 saturated heterocycles. The van der Waals surface area contributed by atoms with Crippen molar-refractivity contribution in [1.82, 2.24) is 29.7 Å². The molecule has 0 aliphatic heterocycles. The van der Waals surface area contributed by atoms with Crippen LogP contribution in [0.5, 0.6) is 0 Å². The minimum absolute atomic E-state index is 0.193. The number of anilines is 3. The molecule has 150 valence electrons. The predicted octanol–water partition coefficient (Wildman–Crippen LogP) is 3.71. The van der Waals surface area contributed by atoms with Crippen LogP contribution < -0.4 is 11.1 Å². The third-order valence-corrected chi connectivity index (χ3v) is 5.64. The average molecular weight is 409 g/mol. The average Bonchev–Trinajstić information content (AvgIpc) is 3.48. The molecule has 1 aliphatic carbocycles. The van der Waals surface area contributed by atoms with Gasteiger partial charge in [0.15, 0.2) is 5.16 Å². The number of benzene rings is 1. The van der Waals surface area contributed by atoms with Crippen molar-refractivity contribution in [3.8, 4) is 0 Å². The minimum atomic E-state index is 0.193. The summed E-state index contributed by atoms with van der Waals surface area (Å²) >= 11 is 1.54. The fraction of sp³-hybridized carbons (Fsp3) is 0.350. The van der Waals surface area contributed by atoms with Gasteiger partial charge in [0, 0.05) is 18.2 Å². The molecule has 2 heterocycles. The molecular weight excluding hydrogens is 384 g/mol. The summed E-state index contributed by atoms with van der Waals surface area (Å²) in [5.74, 6) is 3.33. The highest BCUT2D eigenvalue weighted by Gasteiger charge is 2.30. The van der Waals surface area contributed by atoms with E-state index in [9.17, 15) is 0 Å². The van der Waals surface area contributed by atoms with Gasteiger partial charge in [-0.05, 0) is 30.9 Å². The summed E-state index contributed by atoms with van der Waals surface area (Å²) in [6.45, 7) is 6.66. The van der Waals surface area contributed by atoms with E-state index in [0.717, 1.165) is 23.1 Å². The van der Waals surface area contributed by atoms with Crippen LogP contribution in [0.3, 0.4) is 0 Å². The molecule has 0 amide bonds. The molecule has 29 heavy (non-hydrogen) atoms. The minimum Gasteiger partial charge on any atom is -0.368 e. The Morgan fingerprint density at radius 1 is 1.24 bits per heavy atom. The third kappa shape index (κ3) is 4.56. The monoisotopic (exact) mass is 408 g/mol. The number of thioether (sulfide) groups is 1. The van der Waals surface area contributed by atoms with Crippen molar-refractivity contribution in [3.63, 3.8) is 0 Å². The number of nitrogen functional groups attached to an aromatic ring is 1. The Kier molecular flexibility index (Phi) is 5.75. The Hall–Kier alpha value is -2.94. The first kappa shape index (κ1) is 19.4. The smallest absolute Gasteiger partial charge is 0.232 e. The highest BCUT2D eigenvalue weighted by molar-refractivity contribution is 7.98. The number of nitrogens with zero attached hydrogens (tertiary/aromatic N) is 6. The molecule has 3 aromatic rings. The van der Waals surface area contributed by atoms with Crippen LogP contribution >= 0.6 is 11.8 Å². The van der Waals surface area contributed by atoms with Gasteiger partial charge in [-0.3, -0.25) is 0 Å². The Bertz CT molecular complexity index is 1010. The van der Waals surface area contributed by atoms with E-state index in [2.05, 4.69) is 54.6 Å². The van der Waals surface area contributed by atoms with Gasteiger partial charge in [-0.2, -0.15) is 15.0 Å². The van der Waals surface area contributed by atoms with Gasteiger partial charge in [0.05, 0.1) is 5.75 Å². The molecule has 0 unspecified atom stereocenters. The molecule has 2 aromatic heterocycles. The molecule has 1 aliphatic rings. The van der Waals surface area contributed by atoms with Gasteiger partial charge < -0.3 is 15.6 Å². The largest absolute Gasteiger partial charge is 0.368 e. The molecule has 0 atom stereocenters. The van der Waals surface area contributed by atoms with E-state index in [-0.39, 0.29) is 5.95 Å². The van der Waals surface area contributed by atoms with E-state index >= 15 is 0 Å². The van der Waals surface area contributed by atoms with E-state index in [0.29, 0.717) is 30.0 Å². The van der Waals surface area contributed by atoms with E-state index < -0.39 is 0 Å². The van der Waals surface area contributed by atoms with Crippen LogP contribution in [0.25, 0.3) is 0 Å². The zero-order valence-electron chi connectivity index (χ0n) is 16.4. The van der Waals surface area contributed by atoms with Crippen LogP contribution in [0.15, 0.2) is 42.1 Å². The number of rotatable bonds is 9. The van der Waals surface area contributed by atoms with Crippen molar-refractivity contribution in [2.75, 3.05) is 11.1 Å². The molecule has 1 aromatic carbocycles. The van der Waals surface area contributed by atoms with Gasteiger partial charge in [0.25, 0.3) is 0 Å². The summed E-state index contributed by atoms with van der Waals surface area (Å²) in [6, 6.07) is 8.08. The fourth-order valence-corrected chi connectivity index (χ4v) is 3.92. The Morgan fingerprint density at radius 3 is 2.83 bits per heavy atom. The summed E-state index contributed by atoms with van der Waals surface area (Å²) in [5.41, 5.74) is 8.08. The zero-order valence-corrected chi connectivity index (χ0v) is 17.2. The molecule has 0 spiro atoms. The van der Waals surface area contributed by atoms with Crippen molar-refractivity contribution < 1.29 is 0 Å². The fourth-order valence-electron chi connectivity index (χ4n) is 3.11. The number of aromatic nitrogens is 6. The SMILES string of the molecule is C=CCn1c(SCc2nc(N)nc(Nc3ccccc3CC)n2)nnc1C1CC1. The van der Waals surface area contributed by atoms with E-state index in [4.69, 9.17) is 5.73 Å². The molecule has 1 saturated carbocycles. The van der Waals surface area contributed by atoms with E-state index in [1.807, 2.05) is 24.3 Å². The Labute approximate surface area is 174 Å². The highest BCUT2D eigenvalue weighted by Crippen LogP contribution is 2.40. The van der Waals surface area contributed by atoms with Gasteiger partial charge in [0.2, 0.25) is 11.9 Å². The van der Waals surface area contributed by atoms with Crippen molar-refractivity contribution in [2.45, 2.75) is 49.6 Å². The Morgan fingerprint density at radius 2 is 2.07 bits per heavy atom. The molecule has 0 bridgehead atoms. The second kappa shape index (κ2) is 8.60. The lowest BCUT2D eigenvalue weighted by molar-refractivity contribution is 0.681. The van der Waals surface area contributed by atoms with Gasteiger partial charge in [0.1, 0.15) is 11.6 Å². The number of para-hydroxylation sites is 1. The second-order valence-corrected chi connectivity index (χ2v) is 7.81. The second-order valence-electron chi connectivity index (χ2n) is 6.87. The lowest BCUT2D eigenvalue weighted by Crippen LogP contribution is -2.08. The lowest BCUT2D eigenvalue weighted by Gasteiger charge is -2.11. The molecule has 3 N–H and O–H groups in total. The number of nitrogens with two attached hydrogens (primary N) is 1. The summed E-state index contributed by atoms with van der Waals surface area (Å²) in [4.78, 5) is 13.0. The van der Waals surface area contributed by atoms with Crippen molar-refractivity contribution in [2.24, 2.45) is 0 Å². The number of aryl methyl sites for hydroxylation is 1. The van der Waals surface area contributed by atoms with Crippen LogP contribution in [0, 0.1) is 0 Å². The maximum atomic E-state index is 5.92. The van der Waals surface area contributed by atoms with Crippen LogP contribution in [0.2, 0.25) is 0 Å². The highest BCUT2D eigenvalue weighted by atomic mass is 32.2. The Balaban J connectivity index is 1.50. The summed E-state index contributed by atoms with van der Waals surface area (Å²) in [6.07, 6.45) is 5.14. The van der Waals surface area contributed by atoms with Gasteiger partial charge in [-0.25, -0.2) is 0 Å². The van der Waals surface area contributed by atoms with Gasteiger partial charge in [-0.1, -0.05) is 43.0 Å². The van der Waals surface area contributed by atoms with E-state index in [1.165, 1.54) is 18.4 Å². The molecule has 4 rings (SSSR count). The molecular formula is C20H24N8S. The number of hydrogen-bond donors (Lipinski definition) is 2. The summed E-state index contributed by atoms with van der Waals surface area (Å²) in [7, 11) is 0. The van der Waals surface area contributed by atoms with Gasteiger partial charge >= 0.3 is 0 Å². The quantitative estimate of drug-likeness (QED) is 0.407. The number of allylic oxidation sites excluding steroid dienone is 1. The number of hydrogen-bond acceptors (Lipinski definition) is 8. The van der Waals surface area contributed by atoms with Crippen LogP contribution in [-0.2, 0) is 18.7 Å². The first-order valence-electron chi connectivity index (χ1n) is 9.70. The summed E-state index contributed by atoms with van der Waals surface area (Å²) < 4.78 is 2.12. The maximum absolute atomic E-state index is 5.92. The molecule has 8 nitrogen and oxygen atoms in total. The first-order valence-corrected chi connectivity index (χ1v) is 10.7. The van der Waals surface area contributed by atoms with E-state index in [1.54, 1.807) is 11.8 Å². The third-order valence-electron chi connectivity index (χ3n) is 4.67. The van der Waals surface area contributed by atoms with Gasteiger partial charge in [-0.15, -0.1) is 16.8 Å². The standard InChI is InChI=1S/C20H24N8S/c1-3-11-28-17(14-9-10-14)26-27-20(28)29-12-16-23-18(21)25-19(24-16)22-15-8-6-5-7-13(15)4-2/h3,5-8,14H,1,4,9-12H2,2H3,(H3,21,22,23,24,25). The van der Waals surface area contributed by atoms with Crippen molar-refractivity contribution in [3.05, 3.63) is 54.1 Å². The predicted molar refractivity (Wildman–Crippen MR) is 115 cm³/mol. The normalized spacial score (nSPS) is 13.4. The lowest BCUT2D eigenvalue weighted by atomic mass is 10.1. The first-order chi connectivity index (χ1) is 14.2. The van der Waals surface area contributed by atoms with Crippen molar-refractivity contribution >= 4 is 29.3 Å². The zero-order chi connectivity index (χ0) is 20.2. The molecule has 0 radical (unpaired) electrons. The topological polar surface area (TPSA) is 107 Å². The van der Waals surface area contributed by atoms with Crippen LogP contribution in [-0.4, -0.2) is 29.7 Å². The summed E-state index contributed by atoms with van der Waals surface area (Å²) in [5, 5.41) is 12.8. The van der Waals surface area contributed by atoms with Crippen molar-refractivity contribution in [1.29, 1.82) is 0 Å². The maximum Gasteiger partial charge on any atom is 0.232 e. The van der Waals surface area contributed by atoms with Crippen LogP contribution in [0.1, 0.15) is 42.9 Å².